The predicted octanol–water partition coefficient (Wildman–Crippen LogP) is 0.798. The number of aromatic nitrogens is 2. The van der Waals surface area contributed by atoms with Crippen LogP contribution in [-0.4, -0.2) is 27.3 Å². The number of hydrogen-bond acceptors (Lipinski definition) is 3. The van der Waals surface area contributed by atoms with Crippen molar-refractivity contribution < 1.29 is 9.90 Å². The zero-order chi connectivity index (χ0) is 12.5. The van der Waals surface area contributed by atoms with Crippen molar-refractivity contribution in [3.63, 3.8) is 0 Å². The Kier molecular flexibility index (Phi) is 2.60. The number of aliphatic hydroxyl groups is 1. The van der Waals surface area contributed by atoms with Gasteiger partial charge >= 0.3 is 0 Å². The van der Waals surface area contributed by atoms with E-state index in [9.17, 15) is 9.90 Å². The first-order valence-corrected chi connectivity index (χ1v) is 5.82. The van der Waals surface area contributed by atoms with E-state index in [2.05, 4.69) is 15.5 Å². The van der Waals surface area contributed by atoms with Gasteiger partial charge < -0.3 is 10.4 Å². The smallest absolute Gasteiger partial charge is 0.269 e. The van der Waals surface area contributed by atoms with Gasteiger partial charge in [-0.1, -0.05) is 24.3 Å². The first-order valence-electron chi connectivity index (χ1n) is 5.82. The molecular weight excluding hydrogens is 230 g/mol. The second kappa shape index (κ2) is 4.27. The number of nitrogens with zero attached hydrogens (tertiary/aromatic N) is 1. The van der Waals surface area contributed by atoms with Crippen LogP contribution in [0.5, 0.6) is 0 Å². The maximum absolute atomic E-state index is 11.9. The Labute approximate surface area is 104 Å². The Morgan fingerprint density at radius 3 is 3.00 bits per heavy atom. The summed E-state index contributed by atoms with van der Waals surface area (Å²) in [6.45, 7) is 0. The Bertz CT molecular complexity index is 565. The van der Waals surface area contributed by atoms with Crippen molar-refractivity contribution in [3.05, 3.63) is 53.3 Å². The highest BCUT2D eigenvalue weighted by Crippen LogP contribution is 2.31. The summed E-state index contributed by atoms with van der Waals surface area (Å²) in [4.78, 5) is 11.9. The molecule has 1 aliphatic carbocycles. The van der Waals surface area contributed by atoms with Crippen molar-refractivity contribution in [2.24, 2.45) is 0 Å². The number of aromatic amines is 1. The minimum Gasteiger partial charge on any atom is -0.390 e. The quantitative estimate of drug-likeness (QED) is 0.730. The minimum atomic E-state index is -0.575. The van der Waals surface area contributed by atoms with Crippen LogP contribution in [-0.2, 0) is 6.42 Å². The SMILES string of the molecule is O=C(N[C@H]1c2ccccc2C[C@H]1O)c1ccn[nH]1. The van der Waals surface area contributed by atoms with Gasteiger partial charge in [0, 0.05) is 12.6 Å². The maximum Gasteiger partial charge on any atom is 0.269 e. The van der Waals surface area contributed by atoms with Gasteiger partial charge in [0.1, 0.15) is 5.69 Å². The van der Waals surface area contributed by atoms with Crippen LogP contribution in [0.4, 0.5) is 0 Å². The van der Waals surface area contributed by atoms with Crippen LogP contribution >= 0.6 is 0 Å². The normalized spacial score (nSPS) is 21.6. The molecule has 1 heterocycles. The first kappa shape index (κ1) is 11.0. The monoisotopic (exact) mass is 243 g/mol. The van der Waals surface area contributed by atoms with Crippen molar-refractivity contribution in [1.29, 1.82) is 0 Å². The average Bonchev–Trinajstić information content (AvgIpc) is 2.98. The molecule has 2 atom stereocenters. The third kappa shape index (κ3) is 1.78. The summed E-state index contributed by atoms with van der Waals surface area (Å²) in [6.07, 6.45) is 1.52. The number of benzene rings is 1. The molecule has 3 N–H and O–H groups in total. The van der Waals surface area contributed by atoms with Gasteiger partial charge in [-0.15, -0.1) is 0 Å². The molecule has 0 saturated heterocycles. The van der Waals surface area contributed by atoms with E-state index in [4.69, 9.17) is 0 Å². The molecule has 5 nitrogen and oxygen atoms in total. The van der Waals surface area contributed by atoms with Crippen LogP contribution in [0.15, 0.2) is 36.5 Å². The molecule has 0 saturated carbocycles. The summed E-state index contributed by atoms with van der Waals surface area (Å²) < 4.78 is 0. The predicted molar refractivity (Wildman–Crippen MR) is 64.9 cm³/mol. The molecule has 0 unspecified atom stereocenters. The lowest BCUT2D eigenvalue weighted by molar-refractivity contribution is 0.0853. The highest BCUT2D eigenvalue weighted by atomic mass is 16.3. The number of rotatable bonds is 2. The number of H-pyrrole nitrogens is 1. The molecule has 3 rings (SSSR count). The molecule has 1 aromatic carbocycles. The molecule has 92 valence electrons. The highest BCUT2D eigenvalue weighted by Gasteiger charge is 2.32. The fraction of sp³-hybridized carbons (Fsp3) is 0.231. The van der Waals surface area contributed by atoms with Gasteiger partial charge in [0.2, 0.25) is 0 Å². The Hall–Kier alpha value is -2.14. The largest absolute Gasteiger partial charge is 0.390 e. The van der Waals surface area contributed by atoms with Crippen LogP contribution in [0, 0.1) is 0 Å². The molecule has 18 heavy (non-hydrogen) atoms. The van der Waals surface area contributed by atoms with Gasteiger partial charge in [0.15, 0.2) is 0 Å². The van der Waals surface area contributed by atoms with Gasteiger partial charge in [-0.3, -0.25) is 9.89 Å². The van der Waals surface area contributed by atoms with Gasteiger partial charge in [0.05, 0.1) is 12.1 Å². The number of aliphatic hydroxyl groups excluding tert-OH is 1. The summed E-state index contributed by atoms with van der Waals surface area (Å²) >= 11 is 0. The number of nitrogens with one attached hydrogen (secondary N) is 2. The van der Waals surface area contributed by atoms with Crippen LogP contribution in [0.1, 0.15) is 27.7 Å². The van der Waals surface area contributed by atoms with Gasteiger partial charge in [-0.05, 0) is 17.2 Å². The van der Waals surface area contributed by atoms with E-state index in [1.54, 1.807) is 6.07 Å². The zero-order valence-corrected chi connectivity index (χ0v) is 9.63. The fourth-order valence-corrected chi connectivity index (χ4v) is 2.35. The Morgan fingerprint density at radius 2 is 2.22 bits per heavy atom. The van der Waals surface area contributed by atoms with Gasteiger partial charge in [0.25, 0.3) is 5.91 Å². The maximum atomic E-state index is 11.9. The summed E-state index contributed by atoms with van der Waals surface area (Å²) in [7, 11) is 0. The van der Waals surface area contributed by atoms with Crippen molar-refractivity contribution in [2.45, 2.75) is 18.6 Å². The Balaban J connectivity index is 1.83. The zero-order valence-electron chi connectivity index (χ0n) is 9.63. The summed E-state index contributed by atoms with van der Waals surface area (Å²) in [5.74, 6) is -0.256. The molecule has 0 spiro atoms. The summed E-state index contributed by atoms with van der Waals surface area (Å²) in [5.41, 5.74) is 2.46. The second-order valence-electron chi connectivity index (χ2n) is 4.39. The number of carbonyl (C=O) groups is 1. The van der Waals surface area contributed by atoms with E-state index in [1.807, 2.05) is 24.3 Å². The van der Waals surface area contributed by atoms with Crippen LogP contribution < -0.4 is 5.32 Å². The van der Waals surface area contributed by atoms with Crippen molar-refractivity contribution >= 4 is 5.91 Å². The molecule has 1 aliphatic rings. The molecule has 5 heteroatoms. The summed E-state index contributed by atoms with van der Waals surface area (Å²) in [6, 6.07) is 9.00. The van der Waals surface area contributed by atoms with E-state index in [1.165, 1.54) is 6.20 Å². The minimum absolute atomic E-state index is 0.256. The average molecular weight is 243 g/mol. The lowest BCUT2D eigenvalue weighted by Crippen LogP contribution is -2.34. The van der Waals surface area contributed by atoms with E-state index in [0.29, 0.717) is 12.1 Å². The molecule has 0 aliphatic heterocycles. The Morgan fingerprint density at radius 1 is 1.39 bits per heavy atom. The lowest BCUT2D eigenvalue weighted by atomic mass is 10.1. The third-order valence-corrected chi connectivity index (χ3v) is 3.24. The van der Waals surface area contributed by atoms with E-state index in [0.717, 1.165) is 11.1 Å². The van der Waals surface area contributed by atoms with E-state index >= 15 is 0 Å². The molecular formula is C13H13N3O2. The van der Waals surface area contributed by atoms with Crippen molar-refractivity contribution in [1.82, 2.24) is 15.5 Å². The van der Waals surface area contributed by atoms with Crippen molar-refractivity contribution in [3.8, 4) is 0 Å². The number of carbonyl (C=O) groups excluding carboxylic acids is 1. The lowest BCUT2D eigenvalue weighted by Gasteiger charge is -2.17. The standard InChI is InChI=1S/C13H13N3O2/c17-11-7-8-3-1-2-4-9(8)12(11)15-13(18)10-5-6-14-16-10/h1-6,11-12,17H,7H2,(H,14,16)(H,15,18)/t11-,12+/m1/s1. The van der Waals surface area contributed by atoms with Crippen LogP contribution in [0.2, 0.25) is 0 Å². The van der Waals surface area contributed by atoms with Crippen molar-refractivity contribution in [2.75, 3.05) is 0 Å². The highest BCUT2D eigenvalue weighted by molar-refractivity contribution is 5.92. The van der Waals surface area contributed by atoms with E-state index in [-0.39, 0.29) is 11.9 Å². The second-order valence-corrected chi connectivity index (χ2v) is 4.39. The molecule has 0 bridgehead atoms. The molecule has 1 amide bonds. The topological polar surface area (TPSA) is 78.0 Å². The molecule has 0 fully saturated rings. The first-order chi connectivity index (χ1) is 8.75. The molecule has 2 aromatic rings. The van der Waals surface area contributed by atoms with Crippen LogP contribution in [0.3, 0.4) is 0 Å². The summed E-state index contributed by atoms with van der Waals surface area (Å²) in [5, 5.41) is 19.2. The number of hydrogen-bond donors (Lipinski definition) is 3. The van der Waals surface area contributed by atoms with Gasteiger partial charge in [-0.25, -0.2) is 0 Å². The van der Waals surface area contributed by atoms with Gasteiger partial charge in [-0.2, -0.15) is 5.10 Å². The molecule has 1 aromatic heterocycles. The number of amides is 1. The molecule has 0 radical (unpaired) electrons. The number of fused-ring (bicyclic) bond motifs is 1. The van der Waals surface area contributed by atoms with Crippen LogP contribution in [0.25, 0.3) is 0 Å². The fourth-order valence-electron chi connectivity index (χ4n) is 2.35. The van der Waals surface area contributed by atoms with E-state index < -0.39 is 6.10 Å². The third-order valence-electron chi connectivity index (χ3n) is 3.24.